The molecule has 1 fully saturated rings. The molecular formula is C26H25N5O3. The molecule has 0 spiro atoms. The Bertz CT molecular complexity index is 1340. The van der Waals surface area contributed by atoms with E-state index in [2.05, 4.69) is 26.4 Å². The number of likely N-dealkylation sites (tertiary alicyclic amines) is 1. The molecule has 1 saturated heterocycles. The lowest BCUT2D eigenvalue weighted by atomic mass is 10.0. The van der Waals surface area contributed by atoms with Crippen LogP contribution in [0.15, 0.2) is 67.0 Å². The molecule has 0 atom stereocenters. The van der Waals surface area contributed by atoms with Gasteiger partial charge in [-0.1, -0.05) is 30.7 Å². The summed E-state index contributed by atoms with van der Waals surface area (Å²) < 4.78 is 1.10. The second kappa shape index (κ2) is 9.44. The van der Waals surface area contributed by atoms with Gasteiger partial charge in [0.1, 0.15) is 0 Å². The number of hydrogen-bond acceptors (Lipinski definition) is 5. The Morgan fingerprint density at radius 2 is 1.74 bits per heavy atom. The van der Waals surface area contributed by atoms with Crippen molar-refractivity contribution in [3.8, 4) is 11.1 Å². The number of nitrogens with one attached hydrogen (secondary N) is 1. The van der Waals surface area contributed by atoms with Gasteiger partial charge in [0.2, 0.25) is 0 Å². The number of fused-ring (bicyclic) bond motifs is 1. The van der Waals surface area contributed by atoms with Gasteiger partial charge in [-0.2, -0.15) is 9.78 Å². The number of aromatic nitrogens is 3. The molecular weight excluding hydrogens is 430 g/mol. The Balaban J connectivity index is 1.47. The van der Waals surface area contributed by atoms with Crippen LogP contribution in [0.3, 0.4) is 0 Å². The minimum Gasteiger partial charge on any atom is -0.476 e. The molecule has 8 nitrogen and oxygen atoms in total. The summed E-state index contributed by atoms with van der Waals surface area (Å²) >= 11 is 0. The predicted octanol–water partition coefficient (Wildman–Crippen LogP) is 4.86. The maximum absolute atomic E-state index is 12.8. The molecule has 2 aromatic heterocycles. The first-order valence-electron chi connectivity index (χ1n) is 11.4. The van der Waals surface area contributed by atoms with Gasteiger partial charge in [0.25, 0.3) is 0 Å². The van der Waals surface area contributed by atoms with Crippen molar-refractivity contribution in [2.75, 3.05) is 18.4 Å². The van der Waals surface area contributed by atoms with E-state index < -0.39 is 12.0 Å². The van der Waals surface area contributed by atoms with Gasteiger partial charge < -0.3 is 10.4 Å². The van der Waals surface area contributed by atoms with Crippen molar-refractivity contribution in [1.29, 1.82) is 0 Å². The fourth-order valence-electron chi connectivity index (χ4n) is 4.42. The number of carboxylic acid groups (broad SMARTS) is 1. The van der Waals surface area contributed by atoms with Crippen LogP contribution in [-0.2, 0) is 6.54 Å². The molecule has 172 valence electrons. The number of hydrogen-bond donors (Lipinski definition) is 2. The van der Waals surface area contributed by atoms with E-state index in [1.807, 2.05) is 18.3 Å². The summed E-state index contributed by atoms with van der Waals surface area (Å²) in [5, 5.41) is 17.0. The zero-order chi connectivity index (χ0) is 23.5. The molecule has 1 aliphatic rings. The number of para-hydroxylation sites is 1. The summed E-state index contributed by atoms with van der Waals surface area (Å²) in [7, 11) is 0. The lowest BCUT2D eigenvalue weighted by Gasteiger charge is -2.26. The Kier molecular flexibility index (Phi) is 6.05. The molecule has 0 aliphatic carbocycles. The second-order valence-corrected chi connectivity index (χ2v) is 8.51. The van der Waals surface area contributed by atoms with E-state index in [9.17, 15) is 14.7 Å². The molecule has 2 N–H and O–H groups in total. The SMILES string of the molecule is O=C(O)c1nn(C(=O)Nc2ccccc2)c2ccc(-c3cncc(CN4CCCCC4)c3)cc12. The number of nitrogens with zero attached hydrogens (tertiary/aromatic N) is 4. The van der Waals surface area contributed by atoms with E-state index >= 15 is 0 Å². The first-order valence-corrected chi connectivity index (χ1v) is 11.4. The van der Waals surface area contributed by atoms with Crippen LogP contribution in [0.1, 0.15) is 35.3 Å². The fourth-order valence-corrected chi connectivity index (χ4v) is 4.42. The number of carbonyl (C=O) groups excluding carboxylic acids is 1. The number of carbonyl (C=O) groups is 2. The van der Waals surface area contributed by atoms with E-state index in [1.54, 1.807) is 42.6 Å². The third-order valence-corrected chi connectivity index (χ3v) is 6.08. The minimum atomic E-state index is -1.19. The van der Waals surface area contributed by atoms with Gasteiger partial charge in [-0.15, -0.1) is 0 Å². The Labute approximate surface area is 196 Å². The van der Waals surface area contributed by atoms with Crippen LogP contribution in [0.4, 0.5) is 10.5 Å². The quantitative estimate of drug-likeness (QED) is 0.446. The fraction of sp³-hybridized carbons (Fsp3) is 0.231. The van der Waals surface area contributed by atoms with Crippen molar-refractivity contribution in [2.24, 2.45) is 0 Å². The number of amides is 1. The third kappa shape index (κ3) is 4.53. The van der Waals surface area contributed by atoms with Gasteiger partial charge in [0.15, 0.2) is 5.69 Å². The maximum Gasteiger partial charge on any atom is 0.357 e. The molecule has 3 heterocycles. The number of piperidine rings is 1. The molecule has 8 heteroatoms. The van der Waals surface area contributed by atoms with Crippen LogP contribution in [0.25, 0.3) is 22.0 Å². The van der Waals surface area contributed by atoms with E-state index in [4.69, 9.17) is 0 Å². The van der Waals surface area contributed by atoms with Crippen molar-refractivity contribution < 1.29 is 14.7 Å². The van der Waals surface area contributed by atoms with Crippen LogP contribution in [0.5, 0.6) is 0 Å². The summed E-state index contributed by atoms with van der Waals surface area (Å²) in [5.74, 6) is -1.19. The average Bonchev–Trinajstić information content (AvgIpc) is 3.25. The smallest absolute Gasteiger partial charge is 0.357 e. The molecule has 1 aliphatic heterocycles. The van der Waals surface area contributed by atoms with Crippen molar-refractivity contribution in [2.45, 2.75) is 25.8 Å². The Hall–Kier alpha value is -4.04. The topological polar surface area (TPSA) is 100 Å². The number of aromatic carboxylic acids is 1. The van der Waals surface area contributed by atoms with Crippen molar-refractivity contribution in [1.82, 2.24) is 19.7 Å². The highest BCUT2D eigenvalue weighted by Gasteiger charge is 2.21. The highest BCUT2D eigenvalue weighted by Crippen LogP contribution is 2.28. The molecule has 0 saturated carbocycles. The summed E-state index contributed by atoms with van der Waals surface area (Å²) in [6.07, 6.45) is 7.39. The predicted molar refractivity (Wildman–Crippen MR) is 130 cm³/mol. The lowest BCUT2D eigenvalue weighted by molar-refractivity contribution is 0.0692. The summed E-state index contributed by atoms with van der Waals surface area (Å²) in [4.78, 5) is 31.6. The van der Waals surface area contributed by atoms with Gasteiger partial charge >= 0.3 is 12.0 Å². The average molecular weight is 456 g/mol. The normalized spacial score (nSPS) is 14.2. The number of pyridine rings is 1. The summed E-state index contributed by atoms with van der Waals surface area (Å²) in [6.45, 7) is 3.05. The maximum atomic E-state index is 12.8. The summed E-state index contributed by atoms with van der Waals surface area (Å²) in [5.41, 5.74) is 3.70. The molecule has 2 aromatic carbocycles. The Morgan fingerprint density at radius 3 is 2.50 bits per heavy atom. The number of carboxylic acids is 1. The third-order valence-electron chi connectivity index (χ3n) is 6.08. The number of rotatable bonds is 5. The summed E-state index contributed by atoms with van der Waals surface area (Å²) in [6, 6.07) is 15.9. The zero-order valence-electron chi connectivity index (χ0n) is 18.6. The molecule has 4 aromatic rings. The van der Waals surface area contributed by atoms with Crippen molar-refractivity contribution in [3.63, 3.8) is 0 Å². The molecule has 0 bridgehead atoms. The first-order chi connectivity index (χ1) is 16.6. The second-order valence-electron chi connectivity index (χ2n) is 8.51. The monoisotopic (exact) mass is 455 g/mol. The van der Waals surface area contributed by atoms with E-state index in [-0.39, 0.29) is 5.69 Å². The van der Waals surface area contributed by atoms with E-state index in [0.717, 1.165) is 41.0 Å². The first kappa shape index (κ1) is 21.8. The van der Waals surface area contributed by atoms with Gasteiger partial charge in [0.05, 0.1) is 5.52 Å². The molecule has 34 heavy (non-hydrogen) atoms. The highest BCUT2D eigenvalue weighted by atomic mass is 16.4. The lowest BCUT2D eigenvalue weighted by Crippen LogP contribution is -2.29. The van der Waals surface area contributed by atoms with Gasteiger partial charge in [-0.3, -0.25) is 9.88 Å². The van der Waals surface area contributed by atoms with E-state index in [0.29, 0.717) is 16.6 Å². The van der Waals surface area contributed by atoms with Crippen LogP contribution < -0.4 is 5.32 Å². The minimum absolute atomic E-state index is 0.169. The van der Waals surface area contributed by atoms with Crippen LogP contribution in [-0.4, -0.2) is 49.9 Å². The molecule has 0 unspecified atom stereocenters. The van der Waals surface area contributed by atoms with Gasteiger partial charge in [-0.05, 0) is 67.4 Å². The van der Waals surface area contributed by atoms with Crippen molar-refractivity contribution >= 4 is 28.6 Å². The highest BCUT2D eigenvalue weighted by molar-refractivity contribution is 6.06. The molecule has 0 radical (unpaired) electrons. The van der Waals surface area contributed by atoms with Crippen LogP contribution in [0.2, 0.25) is 0 Å². The largest absolute Gasteiger partial charge is 0.476 e. The Morgan fingerprint density at radius 1 is 0.941 bits per heavy atom. The standard InChI is InChI=1S/C26H25N5O3/c32-25(33)24-22-14-19(20-13-18(15-27-16-20)17-30-11-5-2-6-12-30)9-10-23(22)31(29-24)26(34)28-21-7-3-1-4-8-21/h1,3-4,7-10,13-16H,2,5-6,11-12,17H2,(H,28,34)(H,32,33). The van der Waals surface area contributed by atoms with E-state index in [1.165, 1.54) is 19.3 Å². The van der Waals surface area contributed by atoms with Gasteiger partial charge in [-0.25, -0.2) is 9.59 Å². The molecule has 5 rings (SSSR count). The van der Waals surface area contributed by atoms with Crippen LogP contribution >= 0.6 is 0 Å². The van der Waals surface area contributed by atoms with Gasteiger partial charge in [0, 0.05) is 35.6 Å². The molecule has 1 amide bonds. The number of benzene rings is 2. The van der Waals surface area contributed by atoms with Crippen LogP contribution in [0, 0.1) is 0 Å². The number of anilines is 1. The van der Waals surface area contributed by atoms with Crippen molar-refractivity contribution in [3.05, 3.63) is 78.2 Å². The zero-order valence-corrected chi connectivity index (χ0v) is 18.6.